The van der Waals surface area contributed by atoms with Gasteiger partial charge in [0.1, 0.15) is 5.82 Å². The number of hydrogen-bond acceptors (Lipinski definition) is 1. The lowest BCUT2D eigenvalue weighted by Gasteiger charge is -2.12. The van der Waals surface area contributed by atoms with E-state index in [1.807, 2.05) is 32.9 Å². The van der Waals surface area contributed by atoms with Gasteiger partial charge in [0.05, 0.1) is 5.56 Å². The van der Waals surface area contributed by atoms with Gasteiger partial charge in [-0.05, 0) is 50.1 Å². The van der Waals surface area contributed by atoms with Crippen LogP contribution in [-0.4, -0.2) is 10.9 Å². The molecule has 4 heteroatoms. The average molecular weight is 296 g/mol. The Balaban J connectivity index is 1.97. The Hall–Kier alpha value is -2.62. The molecule has 2 aromatic carbocycles. The Labute approximate surface area is 128 Å². The highest BCUT2D eigenvalue weighted by Crippen LogP contribution is 2.25. The molecule has 0 atom stereocenters. The minimum absolute atomic E-state index is 0.201. The lowest BCUT2D eigenvalue weighted by molar-refractivity contribution is 0.102. The fourth-order valence-electron chi connectivity index (χ4n) is 2.84. The van der Waals surface area contributed by atoms with E-state index in [2.05, 4.69) is 10.3 Å². The zero-order valence-electron chi connectivity index (χ0n) is 12.8. The van der Waals surface area contributed by atoms with Gasteiger partial charge in [0.15, 0.2) is 0 Å². The maximum atomic E-state index is 13.2. The maximum Gasteiger partial charge on any atom is 0.257 e. The predicted octanol–water partition coefficient (Wildman–Crippen LogP) is 4.48. The molecule has 0 aliphatic carbocycles. The normalized spacial score (nSPS) is 10.9. The Bertz CT molecular complexity index is 857. The summed E-state index contributed by atoms with van der Waals surface area (Å²) >= 11 is 0. The molecule has 1 heterocycles. The highest BCUT2D eigenvalue weighted by Gasteiger charge is 2.14. The number of rotatable bonds is 2. The highest BCUT2D eigenvalue weighted by atomic mass is 19.1. The van der Waals surface area contributed by atoms with Crippen molar-refractivity contribution in [2.45, 2.75) is 20.8 Å². The van der Waals surface area contributed by atoms with E-state index in [4.69, 9.17) is 0 Å². The van der Waals surface area contributed by atoms with Crippen LogP contribution < -0.4 is 5.32 Å². The number of benzene rings is 2. The van der Waals surface area contributed by atoms with Crippen molar-refractivity contribution in [3.05, 3.63) is 64.6 Å². The number of hydrogen-bond donors (Lipinski definition) is 2. The Morgan fingerprint density at radius 3 is 2.45 bits per heavy atom. The van der Waals surface area contributed by atoms with Crippen molar-refractivity contribution in [3.63, 3.8) is 0 Å². The monoisotopic (exact) mass is 296 g/mol. The fourth-order valence-corrected chi connectivity index (χ4v) is 2.84. The Morgan fingerprint density at radius 2 is 1.77 bits per heavy atom. The average Bonchev–Trinajstić information content (AvgIpc) is 2.85. The summed E-state index contributed by atoms with van der Waals surface area (Å²) in [5.74, 6) is -0.528. The smallest absolute Gasteiger partial charge is 0.257 e. The van der Waals surface area contributed by atoms with Gasteiger partial charge in [-0.1, -0.05) is 17.7 Å². The summed E-state index contributed by atoms with van der Waals surface area (Å²) in [6, 6.07) is 8.43. The first kappa shape index (κ1) is 14.3. The van der Waals surface area contributed by atoms with Gasteiger partial charge in [-0.15, -0.1) is 0 Å². The molecular weight excluding hydrogens is 279 g/mol. The molecule has 1 aromatic heterocycles. The minimum atomic E-state index is -0.327. The Kier molecular flexibility index (Phi) is 3.45. The summed E-state index contributed by atoms with van der Waals surface area (Å²) in [5, 5.41) is 3.67. The van der Waals surface area contributed by atoms with Crippen LogP contribution >= 0.6 is 0 Å². The van der Waals surface area contributed by atoms with Gasteiger partial charge in [-0.25, -0.2) is 4.39 Å². The second kappa shape index (κ2) is 5.30. The van der Waals surface area contributed by atoms with E-state index in [1.54, 1.807) is 12.3 Å². The van der Waals surface area contributed by atoms with Crippen molar-refractivity contribution in [2.75, 3.05) is 5.32 Å². The lowest BCUT2D eigenvalue weighted by atomic mass is 10.0. The van der Waals surface area contributed by atoms with Gasteiger partial charge in [0, 0.05) is 22.8 Å². The molecule has 0 saturated carbocycles. The maximum absolute atomic E-state index is 13.2. The highest BCUT2D eigenvalue weighted by molar-refractivity contribution is 6.13. The third-order valence-corrected chi connectivity index (χ3v) is 3.80. The summed E-state index contributed by atoms with van der Waals surface area (Å²) in [4.78, 5) is 15.5. The van der Waals surface area contributed by atoms with Crippen molar-refractivity contribution >= 4 is 22.5 Å². The summed E-state index contributed by atoms with van der Waals surface area (Å²) in [7, 11) is 0. The summed E-state index contributed by atoms with van der Waals surface area (Å²) < 4.78 is 13.2. The molecule has 0 aliphatic rings. The number of carbonyl (C=O) groups excluding carboxylic acids is 1. The van der Waals surface area contributed by atoms with Gasteiger partial charge < -0.3 is 10.3 Å². The van der Waals surface area contributed by atoms with Crippen LogP contribution in [0.15, 0.2) is 36.5 Å². The van der Waals surface area contributed by atoms with Crippen LogP contribution in [-0.2, 0) is 0 Å². The SMILES string of the molecule is Cc1cc(C)c(NC(=O)c2c[nH]c3cc(F)ccc23)c(C)c1. The largest absolute Gasteiger partial charge is 0.360 e. The van der Waals surface area contributed by atoms with Gasteiger partial charge >= 0.3 is 0 Å². The molecule has 0 spiro atoms. The molecule has 1 amide bonds. The molecule has 0 bridgehead atoms. The first-order valence-electron chi connectivity index (χ1n) is 7.11. The molecule has 3 nitrogen and oxygen atoms in total. The lowest BCUT2D eigenvalue weighted by Crippen LogP contribution is -2.13. The summed E-state index contributed by atoms with van der Waals surface area (Å²) in [5.41, 5.74) is 5.16. The molecule has 3 aromatic rings. The van der Waals surface area contributed by atoms with Gasteiger partial charge in [-0.2, -0.15) is 0 Å². The van der Waals surface area contributed by atoms with E-state index in [9.17, 15) is 9.18 Å². The number of amides is 1. The fraction of sp³-hybridized carbons (Fsp3) is 0.167. The van der Waals surface area contributed by atoms with Crippen molar-refractivity contribution in [1.29, 1.82) is 0 Å². The topological polar surface area (TPSA) is 44.9 Å². The van der Waals surface area contributed by atoms with Crippen molar-refractivity contribution < 1.29 is 9.18 Å². The first-order chi connectivity index (χ1) is 10.5. The second-order valence-corrected chi connectivity index (χ2v) is 5.62. The molecule has 0 aliphatic heterocycles. The van der Waals surface area contributed by atoms with Crippen LogP contribution in [0.5, 0.6) is 0 Å². The van der Waals surface area contributed by atoms with Crippen LogP contribution in [0.1, 0.15) is 27.0 Å². The van der Waals surface area contributed by atoms with Crippen LogP contribution in [0.2, 0.25) is 0 Å². The van der Waals surface area contributed by atoms with Gasteiger partial charge in [0.25, 0.3) is 5.91 Å². The molecule has 0 radical (unpaired) electrons. The molecule has 0 unspecified atom stereocenters. The van der Waals surface area contributed by atoms with E-state index in [0.717, 1.165) is 22.4 Å². The third-order valence-electron chi connectivity index (χ3n) is 3.80. The van der Waals surface area contributed by atoms with Gasteiger partial charge in [0.2, 0.25) is 0 Å². The number of nitrogens with one attached hydrogen (secondary N) is 2. The standard InChI is InChI=1S/C18H17FN2O/c1-10-6-11(2)17(12(3)7-10)21-18(22)15-9-20-16-8-13(19)4-5-14(15)16/h4-9,20H,1-3H3,(H,21,22). The first-order valence-corrected chi connectivity index (χ1v) is 7.11. The summed E-state index contributed by atoms with van der Waals surface area (Å²) in [6.45, 7) is 5.97. The van der Waals surface area contributed by atoms with E-state index >= 15 is 0 Å². The molecule has 22 heavy (non-hydrogen) atoms. The number of halogens is 1. The zero-order valence-corrected chi connectivity index (χ0v) is 12.8. The van der Waals surface area contributed by atoms with Crippen LogP contribution in [0, 0.1) is 26.6 Å². The third kappa shape index (κ3) is 2.48. The van der Waals surface area contributed by atoms with Crippen LogP contribution in [0.3, 0.4) is 0 Å². The number of aromatic amines is 1. The molecule has 0 saturated heterocycles. The van der Waals surface area contributed by atoms with Crippen molar-refractivity contribution in [1.82, 2.24) is 4.98 Å². The molecule has 3 rings (SSSR count). The van der Waals surface area contributed by atoms with E-state index < -0.39 is 0 Å². The zero-order chi connectivity index (χ0) is 15.9. The van der Waals surface area contributed by atoms with Crippen molar-refractivity contribution in [3.8, 4) is 0 Å². The quantitative estimate of drug-likeness (QED) is 0.719. The number of carbonyl (C=O) groups is 1. The molecule has 2 N–H and O–H groups in total. The molecule has 112 valence electrons. The second-order valence-electron chi connectivity index (χ2n) is 5.62. The van der Waals surface area contributed by atoms with Crippen molar-refractivity contribution in [2.24, 2.45) is 0 Å². The van der Waals surface area contributed by atoms with E-state index in [1.165, 1.54) is 12.1 Å². The number of fused-ring (bicyclic) bond motifs is 1. The van der Waals surface area contributed by atoms with E-state index in [0.29, 0.717) is 16.5 Å². The number of aryl methyl sites for hydroxylation is 3. The summed E-state index contributed by atoms with van der Waals surface area (Å²) in [6.07, 6.45) is 1.61. The minimum Gasteiger partial charge on any atom is -0.360 e. The van der Waals surface area contributed by atoms with Crippen LogP contribution in [0.4, 0.5) is 10.1 Å². The molecular formula is C18H17FN2O. The number of anilines is 1. The number of aromatic nitrogens is 1. The van der Waals surface area contributed by atoms with E-state index in [-0.39, 0.29) is 11.7 Å². The predicted molar refractivity (Wildman–Crippen MR) is 86.9 cm³/mol. The van der Waals surface area contributed by atoms with Gasteiger partial charge in [-0.3, -0.25) is 4.79 Å². The Morgan fingerprint density at radius 1 is 1.09 bits per heavy atom. The van der Waals surface area contributed by atoms with Crippen LogP contribution in [0.25, 0.3) is 10.9 Å². The molecule has 0 fully saturated rings. The number of H-pyrrole nitrogens is 1.